The van der Waals surface area contributed by atoms with Gasteiger partial charge in [-0.25, -0.2) is 0 Å². The fourth-order valence-corrected chi connectivity index (χ4v) is 9.70. The van der Waals surface area contributed by atoms with Crippen LogP contribution in [0.25, 0.3) is 73.9 Å². The van der Waals surface area contributed by atoms with E-state index in [0.717, 1.165) is 33.3 Å². The molecule has 0 atom stereocenters. The summed E-state index contributed by atoms with van der Waals surface area (Å²) in [6, 6.07) is 59.6. The first-order valence-corrected chi connectivity index (χ1v) is 17.6. The van der Waals surface area contributed by atoms with Crippen LogP contribution in [0.2, 0.25) is 0 Å². The summed E-state index contributed by atoms with van der Waals surface area (Å²) in [5, 5.41) is 9.90. The quantitative estimate of drug-likeness (QED) is 0.138. The monoisotopic (exact) mass is 665 g/mol. The van der Waals surface area contributed by atoms with E-state index in [0.29, 0.717) is 0 Å². The molecule has 47 heavy (non-hydrogen) atoms. The van der Waals surface area contributed by atoms with Gasteiger partial charge >= 0.3 is 273 Å². The first kappa shape index (κ1) is 26.6. The number of anilines is 3. The molecule has 0 aliphatic heterocycles. The molecular weight excluding hydrogens is 637 g/mol. The fourth-order valence-electron chi connectivity index (χ4n) is 7.17. The molecule has 0 bridgehead atoms. The molecule has 0 aliphatic rings. The van der Waals surface area contributed by atoms with Gasteiger partial charge in [0, 0.05) is 0 Å². The van der Waals surface area contributed by atoms with Gasteiger partial charge < -0.3 is 0 Å². The minimum atomic E-state index is 0.211. The Hall–Kier alpha value is -5.60. The summed E-state index contributed by atoms with van der Waals surface area (Å²) in [4.78, 5) is 2.46. The van der Waals surface area contributed by atoms with Crippen molar-refractivity contribution in [2.75, 3.05) is 4.90 Å². The number of nitrogens with zero attached hydrogens (tertiary/aromatic N) is 1. The molecule has 8 aromatic carbocycles. The number of fused-ring (bicyclic) bond motifs is 9. The Morgan fingerprint density at radius 2 is 1.09 bits per heavy atom. The van der Waals surface area contributed by atoms with Crippen LogP contribution in [0.3, 0.4) is 0 Å². The van der Waals surface area contributed by atoms with Crippen LogP contribution in [-0.2, 0) is 0 Å². The molecule has 0 fully saturated rings. The average molecular weight is 665 g/mol. The van der Waals surface area contributed by atoms with Gasteiger partial charge in [0.2, 0.25) is 0 Å². The zero-order valence-corrected chi connectivity index (χ0v) is 27.1. The third-order valence-corrected chi connectivity index (χ3v) is 12.0. The third-order valence-electron chi connectivity index (χ3n) is 9.43. The standard InChI is InChI=1S/C44H27NOSe/c1-2-9-28(10-3-1)29-19-22-32(23-20-29)45(40-14-8-13-36-35-12-5-7-16-43(35)47-44(36)40)33-24-21-30-17-18-31-25-42-39(27-38(31)37(30)26-33)34-11-4-6-15-41(34)46-42/h1-27H. The summed E-state index contributed by atoms with van der Waals surface area (Å²) < 4.78 is 9.13. The first-order valence-electron chi connectivity index (χ1n) is 15.9. The van der Waals surface area contributed by atoms with Crippen molar-refractivity contribution in [1.29, 1.82) is 0 Å². The number of para-hydroxylation sites is 1. The van der Waals surface area contributed by atoms with Crippen LogP contribution in [0.1, 0.15) is 0 Å². The van der Waals surface area contributed by atoms with E-state index >= 15 is 0 Å². The summed E-state index contributed by atoms with van der Waals surface area (Å²) in [6.45, 7) is 0. The second kappa shape index (κ2) is 10.5. The van der Waals surface area contributed by atoms with Gasteiger partial charge in [0.1, 0.15) is 0 Å². The van der Waals surface area contributed by atoms with E-state index in [9.17, 15) is 0 Å². The van der Waals surface area contributed by atoms with E-state index in [4.69, 9.17) is 4.42 Å². The van der Waals surface area contributed by atoms with Crippen LogP contribution in [0.4, 0.5) is 17.1 Å². The Morgan fingerprint density at radius 1 is 0.404 bits per heavy atom. The first-order chi connectivity index (χ1) is 23.3. The maximum atomic E-state index is 6.25. The maximum absolute atomic E-state index is 6.25. The van der Waals surface area contributed by atoms with E-state index in [1.165, 1.54) is 57.7 Å². The molecular formula is C44H27NOSe. The molecule has 0 N–H and O–H groups in total. The van der Waals surface area contributed by atoms with Gasteiger partial charge in [-0.1, -0.05) is 6.07 Å². The van der Waals surface area contributed by atoms with Crippen molar-refractivity contribution in [1.82, 2.24) is 0 Å². The summed E-state index contributed by atoms with van der Waals surface area (Å²) in [7, 11) is 0. The van der Waals surface area contributed by atoms with Gasteiger partial charge in [-0.3, -0.25) is 0 Å². The average Bonchev–Trinajstić information content (AvgIpc) is 3.70. The Balaban J connectivity index is 1.22. The molecule has 0 spiro atoms. The predicted molar refractivity (Wildman–Crippen MR) is 201 cm³/mol. The van der Waals surface area contributed by atoms with Crippen molar-refractivity contribution in [2.45, 2.75) is 0 Å². The fraction of sp³-hybridized carbons (Fsp3) is 0. The molecule has 0 aliphatic carbocycles. The summed E-state index contributed by atoms with van der Waals surface area (Å²) in [5.41, 5.74) is 7.83. The van der Waals surface area contributed by atoms with Crippen LogP contribution in [-0.4, -0.2) is 14.5 Å². The van der Waals surface area contributed by atoms with Crippen LogP contribution in [0.15, 0.2) is 168 Å². The summed E-state index contributed by atoms with van der Waals surface area (Å²) in [5.74, 6) is 0. The molecule has 2 aromatic heterocycles. The van der Waals surface area contributed by atoms with Gasteiger partial charge in [0.15, 0.2) is 0 Å². The van der Waals surface area contributed by atoms with Crippen LogP contribution in [0.5, 0.6) is 0 Å². The molecule has 10 rings (SSSR count). The van der Waals surface area contributed by atoms with Gasteiger partial charge in [-0.2, -0.15) is 0 Å². The molecule has 3 heteroatoms. The van der Waals surface area contributed by atoms with Crippen molar-refractivity contribution in [2.24, 2.45) is 0 Å². The zero-order chi connectivity index (χ0) is 30.9. The predicted octanol–water partition coefficient (Wildman–Crippen LogP) is 12.4. The van der Waals surface area contributed by atoms with E-state index in [-0.39, 0.29) is 14.5 Å². The SMILES string of the molecule is c1ccc(-c2ccc(N(c3ccc4ccc5cc6oc7ccccc7c6cc5c4c3)c3cccc4c3[se]c3ccccc34)cc2)cc1. The van der Waals surface area contributed by atoms with Crippen molar-refractivity contribution < 1.29 is 4.42 Å². The number of benzene rings is 8. The zero-order valence-electron chi connectivity index (χ0n) is 25.4. The van der Waals surface area contributed by atoms with Crippen LogP contribution >= 0.6 is 0 Å². The van der Waals surface area contributed by atoms with Gasteiger partial charge in [0.05, 0.1) is 0 Å². The Morgan fingerprint density at radius 3 is 1.98 bits per heavy atom. The van der Waals surface area contributed by atoms with Crippen molar-refractivity contribution in [3.05, 3.63) is 164 Å². The second-order valence-corrected chi connectivity index (χ2v) is 14.3. The van der Waals surface area contributed by atoms with Gasteiger partial charge in [-0.05, 0) is 0 Å². The third kappa shape index (κ3) is 4.25. The topological polar surface area (TPSA) is 16.4 Å². The van der Waals surface area contributed by atoms with Crippen LogP contribution in [0, 0.1) is 0 Å². The van der Waals surface area contributed by atoms with E-state index in [1.807, 2.05) is 6.07 Å². The minimum absolute atomic E-state index is 0.211. The Kier molecular flexibility index (Phi) is 5.92. The Bertz CT molecular complexity index is 2790. The summed E-state index contributed by atoms with van der Waals surface area (Å²) >= 11 is 0.211. The van der Waals surface area contributed by atoms with Gasteiger partial charge in [0.25, 0.3) is 0 Å². The normalized spacial score (nSPS) is 11.8. The molecule has 0 radical (unpaired) electrons. The number of hydrogen-bond donors (Lipinski definition) is 0. The molecule has 0 unspecified atom stereocenters. The molecule has 0 saturated carbocycles. The number of hydrogen-bond acceptors (Lipinski definition) is 2. The van der Waals surface area contributed by atoms with Crippen molar-refractivity contribution >= 4 is 94.3 Å². The van der Waals surface area contributed by atoms with Crippen molar-refractivity contribution in [3.63, 3.8) is 0 Å². The van der Waals surface area contributed by atoms with Crippen molar-refractivity contribution in [3.8, 4) is 11.1 Å². The summed E-state index contributed by atoms with van der Waals surface area (Å²) in [6.07, 6.45) is 0. The van der Waals surface area contributed by atoms with Gasteiger partial charge in [-0.15, -0.1) is 0 Å². The molecule has 10 aromatic rings. The number of furan rings is 1. The second-order valence-electron chi connectivity index (χ2n) is 12.1. The molecule has 2 heterocycles. The van der Waals surface area contributed by atoms with E-state index in [1.54, 1.807) is 0 Å². The molecule has 0 saturated heterocycles. The molecule has 2 nitrogen and oxygen atoms in total. The number of rotatable bonds is 4. The van der Waals surface area contributed by atoms with Crippen LogP contribution < -0.4 is 4.90 Å². The molecule has 220 valence electrons. The Labute approximate surface area is 277 Å². The molecule has 0 amide bonds. The van der Waals surface area contributed by atoms with E-state index < -0.39 is 0 Å². The van der Waals surface area contributed by atoms with E-state index in [2.05, 4.69) is 163 Å².